The Bertz CT molecular complexity index is 1500. The van der Waals surface area contributed by atoms with Crippen molar-refractivity contribution in [2.24, 2.45) is 0 Å². The lowest BCUT2D eigenvalue weighted by atomic mass is 9.91. The molecular formula is C27H25FN4O4. The van der Waals surface area contributed by atoms with Gasteiger partial charge in [0.25, 0.3) is 0 Å². The van der Waals surface area contributed by atoms with Gasteiger partial charge in [-0.2, -0.15) is 0 Å². The lowest BCUT2D eigenvalue weighted by Gasteiger charge is -2.23. The van der Waals surface area contributed by atoms with Crippen molar-refractivity contribution < 1.29 is 23.8 Å². The fourth-order valence-corrected chi connectivity index (χ4v) is 4.73. The summed E-state index contributed by atoms with van der Waals surface area (Å²) in [5.41, 5.74) is 4.73. The van der Waals surface area contributed by atoms with Gasteiger partial charge in [-0.25, -0.2) is 13.9 Å². The van der Waals surface area contributed by atoms with Crippen LogP contribution in [0.15, 0.2) is 42.5 Å². The molecule has 0 atom stereocenters. The maximum absolute atomic E-state index is 15.1. The van der Waals surface area contributed by atoms with Crippen molar-refractivity contribution in [3.8, 4) is 17.0 Å². The van der Waals surface area contributed by atoms with E-state index < -0.39 is 11.8 Å². The molecule has 0 fully saturated rings. The van der Waals surface area contributed by atoms with Crippen LogP contribution in [0.4, 0.5) is 10.2 Å². The smallest absolute Gasteiger partial charge is 0.307 e. The molecular weight excluding hydrogens is 463 g/mol. The number of halogens is 1. The highest BCUT2D eigenvalue weighted by Crippen LogP contribution is 2.39. The number of carbonyl (C=O) groups excluding carboxylic acids is 1. The number of ether oxygens (including phenoxy) is 1. The molecule has 3 heterocycles. The van der Waals surface area contributed by atoms with E-state index in [1.807, 2.05) is 37.3 Å². The number of carboxylic acids is 1. The Labute approximate surface area is 206 Å². The van der Waals surface area contributed by atoms with Crippen LogP contribution in [0.5, 0.6) is 5.75 Å². The third kappa shape index (κ3) is 4.39. The van der Waals surface area contributed by atoms with Gasteiger partial charge in [0.2, 0.25) is 5.91 Å². The Morgan fingerprint density at radius 1 is 1.17 bits per heavy atom. The van der Waals surface area contributed by atoms with Crippen LogP contribution >= 0.6 is 0 Å². The Hall–Kier alpha value is -4.27. The predicted octanol–water partition coefficient (Wildman–Crippen LogP) is 4.29. The van der Waals surface area contributed by atoms with E-state index in [1.54, 1.807) is 13.0 Å². The monoisotopic (exact) mass is 488 g/mol. The molecule has 0 radical (unpaired) electrons. The SMILES string of the molecule is Cc1nc2cc(NC(=O)Cc3ccccc3)nn2c(-c2cc(F)c3c(c2C)CCCO3)c1CC(=O)O. The highest BCUT2D eigenvalue weighted by Gasteiger charge is 2.26. The van der Waals surface area contributed by atoms with Crippen molar-refractivity contribution in [1.82, 2.24) is 14.6 Å². The first-order valence-electron chi connectivity index (χ1n) is 11.7. The van der Waals surface area contributed by atoms with Crippen molar-refractivity contribution in [3.05, 3.63) is 76.2 Å². The minimum absolute atomic E-state index is 0.174. The molecule has 36 heavy (non-hydrogen) atoms. The van der Waals surface area contributed by atoms with Gasteiger partial charge in [0.1, 0.15) is 0 Å². The van der Waals surface area contributed by atoms with Gasteiger partial charge in [-0.1, -0.05) is 30.3 Å². The Kier molecular flexibility index (Phi) is 6.13. The largest absolute Gasteiger partial charge is 0.490 e. The molecule has 2 aromatic heterocycles. The third-order valence-electron chi connectivity index (χ3n) is 6.40. The summed E-state index contributed by atoms with van der Waals surface area (Å²) in [5, 5.41) is 16.9. The minimum atomic E-state index is -1.04. The second-order valence-electron chi connectivity index (χ2n) is 8.90. The number of nitrogens with one attached hydrogen (secondary N) is 1. The highest BCUT2D eigenvalue weighted by molar-refractivity contribution is 5.92. The third-order valence-corrected chi connectivity index (χ3v) is 6.40. The van der Waals surface area contributed by atoms with E-state index in [0.29, 0.717) is 41.2 Å². The second-order valence-corrected chi connectivity index (χ2v) is 8.90. The first-order chi connectivity index (χ1) is 17.3. The first-order valence-corrected chi connectivity index (χ1v) is 11.7. The molecule has 0 saturated carbocycles. The van der Waals surface area contributed by atoms with Crippen molar-refractivity contribution in [1.29, 1.82) is 0 Å². The van der Waals surface area contributed by atoms with Crippen LogP contribution < -0.4 is 10.1 Å². The number of fused-ring (bicyclic) bond motifs is 2. The van der Waals surface area contributed by atoms with Gasteiger partial charge >= 0.3 is 5.97 Å². The molecule has 2 N–H and O–H groups in total. The van der Waals surface area contributed by atoms with Gasteiger partial charge in [0.05, 0.1) is 25.1 Å². The highest BCUT2D eigenvalue weighted by atomic mass is 19.1. The zero-order valence-electron chi connectivity index (χ0n) is 20.0. The molecule has 9 heteroatoms. The maximum atomic E-state index is 15.1. The minimum Gasteiger partial charge on any atom is -0.490 e. The van der Waals surface area contributed by atoms with Gasteiger partial charge in [0.15, 0.2) is 23.0 Å². The Balaban J connectivity index is 1.63. The van der Waals surface area contributed by atoms with Gasteiger partial charge in [0, 0.05) is 28.5 Å². The number of carbonyl (C=O) groups is 2. The summed E-state index contributed by atoms with van der Waals surface area (Å²) in [6, 6.07) is 12.3. The molecule has 8 nitrogen and oxygen atoms in total. The zero-order chi connectivity index (χ0) is 25.4. The molecule has 0 aliphatic carbocycles. The molecule has 5 rings (SSSR count). The molecule has 1 amide bonds. The number of anilines is 1. The lowest BCUT2D eigenvalue weighted by molar-refractivity contribution is -0.136. The summed E-state index contributed by atoms with van der Waals surface area (Å²) in [6.07, 6.45) is 1.29. The molecule has 0 bridgehead atoms. The number of benzene rings is 2. The van der Waals surface area contributed by atoms with E-state index in [2.05, 4.69) is 15.4 Å². The van der Waals surface area contributed by atoms with Gasteiger partial charge in [-0.3, -0.25) is 9.59 Å². The number of aliphatic carboxylic acids is 1. The van der Waals surface area contributed by atoms with E-state index >= 15 is 4.39 Å². The summed E-state index contributed by atoms with van der Waals surface area (Å²) in [7, 11) is 0. The second kappa shape index (κ2) is 9.41. The fraction of sp³-hybridized carbons (Fsp3) is 0.259. The van der Waals surface area contributed by atoms with Crippen molar-refractivity contribution >= 4 is 23.3 Å². The lowest BCUT2D eigenvalue weighted by Crippen LogP contribution is -2.15. The normalized spacial score (nSPS) is 12.8. The number of amides is 1. The van der Waals surface area contributed by atoms with Crippen LogP contribution in [0.2, 0.25) is 0 Å². The Morgan fingerprint density at radius 3 is 2.69 bits per heavy atom. The van der Waals surface area contributed by atoms with Crippen LogP contribution in [0.25, 0.3) is 16.9 Å². The average Bonchev–Trinajstić information content (AvgIpc) is 3.23. The first kappa shape index (κ1) is 23.5. The molecule has 2 aromatic carbocycles. The number of nitrogens with zero attached hydrogens (tertiary/aromatic N) is 3. The number of hydrogen-bond donors (Lipinski definition) is 2. The van der Waals surface area contributed by atoms with E-state index in [0.717, 1.165) is 23.1 Å². The fourth-order valence-electron chi connectivity index (χ4n) is 4.73. The van der Waals surface area contributed by atoms with E-state index in [-0.39, 0.29) is 30.3 Å². The molecule has 0 spiro atoms. The number of hydrogen-bond acceptors (Lipinski definition) is 5. The topological polar surface area (TPSA) is 106 Å². The van der Waals surface area contributed by atoms with E-state index in [4.69, 9.17) is 4.74 Å². The number of aryl methyl sites for hydroxylation is 1. The zero-order valence-corrected chi connectivity index (χ0v) is 20.0. The summed E-state index contributed by atoms with van der Waals surface area (Å²) in [6.45, 7) is 4.05. The van der Waals surface area contributed by atoms with Gasteiger partial charge in [-0.15, -0.1) is 5.10 Å². The molecule has 0 saturated heterocycles. The summed E-state index contributed by atoms with van der Waals surface area (Å²) in [5.74, 6) is -1.27. The Morgan fingerprint density at radius 2 is 1.94 bits per heavy atom. The van der Waals surface area contributed by atoms with Crippen LogP contribution in [0, 0.1) is 19.7 Å². The maximum Gasteiger partial charge on any atom is 0.307 e. The average molecular weight is 489 g/mol. The van der Waals surface area contributed by atoms with E-state index in [9.17, 15) is 14.7 Å². The predicted molar refractivity (Wildman–Crippen MR) is 132 cm³/mol. The van der Waals surface area contributed by atoms with Crippen LogP contribution in [-0.2, 0) is 28.9 Å². The summed E-state index contributed by atoms with van der Waals surface area (Å²) >= 11 is 0. The van der Waals surface area contributed by atoms with Gasteiger partial charge < -0.3 is 15.2 Å². The summed E-state index contributed by atoms with van der Waals surface area (Å²) in [4.78, 5) is 28.9. The van der Waals surface area contributed by atoms with E-state index in [1.165, 1.54) is 10.6 Å². The molecule has 0 unspecified atom stereocenters. The van der Waals surface area contributed by atoms with Crippen molar-refractivity contribution in [2.45, 2.75) is 39.5 Å². The number of aromatic nitrogens is 3. The van der Waals surface area contributed by atoms with Crippen LogP contribution in [-0.4, -0.2) is 38.2 Å². The molecule has 184 valence electrons. The van der Waals surface area contributed by atoms with Gasteiger partial charge in [-0.05, 0) is 43.9 Å². The van der Waals surface area contributed by atoms with Crippen molar-refractivity contribution in [3.63, 3.8) is 0 Å². The summed E-state index contributed by atoms with van der Waals surface area (Å²) < 4.78 is 22.2. The molecule has 4 aromatic rings. The van der Waals surface area contributed by atoms with Crippen LogP contribution in [0.1, 0.15) is 34.4 Å². The molecule has 1 aliphatic rings. The van der Waals surface area contributed by atoms with Crippen molar-refractivity contribution in [2.75, 3.05) is 11.9 Å². The number of rotatable bonds is 6. The molecule has 1 aliphatic heterocycles. The quantitative estimate of drug-likeness (QED) is 0.420. The standard InChI is InChI=1S/C27H25FN4O4/c1-15-18-9-6-10-36-27(18)21(28)12-19(15)26-20(13-25(34)35)16(2)29-23-14-22(31-32(23)26)30-24(33)11-17-7-4-3-5-8-17/h3-5,7-8,12,14H,6,9-11,13H2,1-2H3,(H,34,35)(H,30,31,33). The van der Waals surface area contributed by atoms with Crippen LogP contribution in [0.3, 0.4) is 0 Å². The number of carboxylic acid groups (broad SMARTS) is 1.